The summed E-state index contributed by atoms with van der Waals surface area (Å²) in [5.74, 6) is -0.183. The Morgan fingerprint density at radius 2 is 2.22 bits per heavy atom. The topological polar surface area (TPSA) is 77.2 Å². The van der Waals surface area contributed by atoms with Gasteiger partial charge in [-0.1, -0.05) is 0 Å². The van der Waals surface area contributed by atoms with E-state index in [0.717, 1.165) is 11.3 Å². The number of aliphatic carboxylic acids is 1. The van der Waals surface area contributed by atoms with Gasteiger partial charge in [0, 0.05) is 25.7 Å². The summed E-state index contributed by atoms with van der Waals surface area (Å²) >= 11 is 0. The first-order chi connectivity index (χ1) is 8.45. The minimum atomic E-state index is -0.808. The highest BCUT2D eigenvalue weighted by molar-refractivity contribution is 5.66. The summed E-state index contributed by atoms with van der Waals surface area (Å²) in [6, 6.07) is 4.02. The molecular weight excluding hydrogens is 230 g/mol. The zero-order chi connectivity index (χ0) is 13.7. The predicted octanol–water partition coefficient (Wildman–Crippen LogP) is 1.87. The first-order valence-corrected chi connectivity index (χ1v) is 5.77. The number of carboxylic acids is 1. The smallest absolute Gasteiger partial charge is 0.303 e. The Morgan fingerprint density at radius 3 is 2.78 bits per heavy atom. The maximum absolute atomic E-state index is 10.5. The van der Waals surface area contributed by atoms with Crippen molar-refractivity contribution in [1.29, 1.82) is 5.26 Å². The van der Waals surface area contributed by atoms with Gasteiger partial charge in [-0.15, -0.1) is 0 Å². The summed E-state index contributed by atoms with van der Waals surface area (Å²) in [7, 11) is 1.82. The Morgan fingerprint density at radius 1 is 1.56 bits per heavy atom. The Kier molecular flexibility index (Phi) is 4.67. The Bertz CT molecular complexity index is 492. The minimum Gasteiger partial charge on any atom is -0.481 e. The summed E-state index contributed by atoms with van der Waals surface area (Å²) in [5.41, 5.74) is 2.30. The van der Waals surface area contributed by atoms with Crippen molar-refractivity contribution in [3.8, 4) is 6.07 Å². The minimum absolute atomic E-state index is 0.122. The average molecular weight is 247 g/mol. The molecule has 0 spiro atoms. The van der Waals surface area contributed by atoms with Crippen molar-refractivity contribution in [3.63, 3.8) is 0 Å². The SMILES string of the molecule is Cc1cc(C)c(C#N)c(N(C)CCCC(=O)O)n1. The molecule has 0 aliphatic heterocycles. The fourth-order valence-electron chi connectivity index (χ4n) is 1.80. The molecule has 1 rings (SSSR count). The van der Waals surface area contributed by atoms with Gasteiger partial charge in [0.15, 0.2) is 0 Å². The van der Waals surface area contributed by atoms with Crippen LogP contribution in [-0.2, 0) is 4.79 Å². The van der Waals surface area contributed by atoms with Gasteiger partial charge in [-0.2, -0.15) is 5.26 Å². The molecule has 0 saturated heterocycles. The fraction of sp³-hybridized carbons (Fsp3) is 0.462. The third-order valence-corrected chi connectivity index (χ3v) is 2.68. The van der Waals surface area contributed by atoms with Crippen molar-refractivity contribution in [2.75, 3.05) is 18.5 Å². The third-order valence-electron chi connectivity index (χ3n) is 2.68. The molecule has 0 atom stereocenters. The Balaban J connectivity index is 2.88. The van der Waals surface area contributed by atoms with Gasteiger partial charge in [0.05, 0.1) is 5.56 Å². The number of nitrogens with zero attached hydrogens (tertiary/aromatic N) is 3. The number of hydrogen-bond donors (Lipinski definition) is 1. The van der Waals surface area contributed by atoms with Gasteiger partial charge in [-0.05, 0) is 31.9 Å². The van der Waals surface area contributed by atoms with Gasteiger partial charge in [-0.25, -0.2) is 4.98 Å². The van der Waals surface area contributed by atoms with E-state index in [0.29, 0.717) is 24.3 Å². The van der Waals surface area contributed by atoms with Crippen molar-refractivity contribution in [1.82, 2.24) is 4.98 Å². The van der Waals surface area contributed by atoms with E-state index in [4.69, 9.17) is 10.4 Å². The zero-order valence-electron chi connectivity index (χ0n) is 10.9. The molecule has 0 bridgehead atoms. The highest BCUT2D eigenvalue weighted by Crippen LogP contribution is 2.20. The molecule has 0 saturated carbocycles. The summed E-state index contributed by atoms with van der Waals surface area (Å²) in [6.07, 6.45) is 0.655. The van der Waals surface area contributed by atoms with Gasteiger partial charge in [0.2, 0.25) is 0 Å². The largest absolute Gasteiger partial charge is 0.481 e. The van der Waals surface area contributed by atoms with Crippen LogP contribution in [0.1, 0.15) is 29.7 Å². The molecule has 0 aliphatic rings. The summed E-state index contributed by atoms with van der Waals surface area (Å²) < 4.78 is 0. The maximum atomic E-state index is 10.5. The molecule has 0 aromatic carbocycles. The molecule has 1 N–H and O–H groups in total. The zero-order valence-corrected chi connectivity index (χ0v) is 10.9. The van der Waals surface area contributed by atoms with Gasteiger partial charge in [-0.3, -0.25) is 4.79 Å². The molecule has 1 heterocycles. The number of hydrogen-bond acceptors (Lipinski definition) is 4. The van der Waals surface area contributed by atoms with Crippen LogP contribution in [0.5, 0.6) is 0 Å². The molecule has 5 heteroatoms. The molecule has 0 radical (unpaired) electrons. The van der Waals surface area contributed by atoms with Crippen LogP contribution in [0, 0.1) is 25.2 Å². The Labute approximate surface area is 107 Å². The lowest BCUT2D eigenvalue weighted by atomic mass is 10.1. The molecule has 1 aromatic rings. The molecule has 5 nitrogen and oxygen atoms in total. The van der Waals surface area contributed by atoms with E-state index in [9.17, 15) is 4.79 Å². The number of aryl methyl sites for hydroxylation is 2. The second kappa shape index (κ2) is 6.01. The van der Waals surface area contributed by atoms with E-state index >= 15 is 0 Å². The molecule has 18 heavy (non-hydrogen) atoms. The van der Waals surface area contributed by atoms with Gasteiger partial charge in [0.25, 0.3) is 0 Å². The van der Waals surface area contributed by atoms with E-state index in [1.165, 1.54) is 0 Å². The standard InChI is InChI=1S/C13H17N3O2/c1-9-7-10(2)15-13(11(9)8-14)16(3)6-4-5-12(17)18/h7H,4-6H2,1-3H3,(H,17,18). The van der Waals surface area contributed by atoms with Crippen LogP contribution in [0.4, 0.5) is 5.82 Å². The molecule has 0 aliphatic carbocycles. The third kappa shape index (κ3) is 3.45. The molecular formula is C13H17N3O2. The number of nitriles is 1. The number of pyridine rings is 1. The van der Waals surface area contributed by atoms with Gasteiger partial charge >= 0.3 is 5.97 Å². The van der Waals surface area contributed by atoms with Gasteiger partial charge in [0.1, 0.15) is 11.9 Å². The van der Waals surface area contributed by atoms with Crippen molar-refractivity contribution in [3.05, 3.63) is 22.9 Å². The lowest BCUT2D eigenvalue weighted by Crippen LogP contribution is -2.22. The number of carboxylic acid groups (broad SMARTS) is 1. The number of carbonyl (C=O) groups is 1. The molecule has 0 fully saturated rings. The average Bonchev–Trinajstić information content (AvgIpc) is 2.27. The van der Waals surface area contributed by atoms with Crippen LogP contribution in [0.25, 0.3) is 0 Å². The van der Waals surface area contributed by atoms with Crippen LogP contribution in [0.3, 0.4) is 0 Å². The van der Waals surface area contributed by atoms with Crippen LogP contribution in [0.15, 0.2) is 6.07 Å². The first-order valence-electron chi connectivity index (χ1n) is 5.77. The highest BCUT2D eigenvalue weighted by atomic mass is 16.4. The van der Waals surface area contributed by atoms with Crippen LogP contribution in [-0.4, -0.2) is 29.7 Å². The summed E-state index contributed by atoms with van der Waals surface area (Å²) in [4.78, 5) is 16.7. The highest BCUT2D eigenvalue weighted by Gasteiger charge is 2.12. The van der Waals surface area contributed by atoms with Crippen molar-refractivity contribution in [2.24, 2.45) is 0 Å². The monoisotopic (exact) mass is 247 g/mol. The Hall–Kier alpha value is -2.09. The van der Waals surface area contributed by atoms with E-state index < -0.39 is 5.97 Å². The lowest BCUT2D eigenvalue weighted by molar-refractivity contribution is -0.137. The fourth-order valence-corrected chi connectivity index (χ4v) is 1.80. The molecule has 0 unspecified atom stereocenters. The normalized spacial score (nSPS) is 9.89. The number of rotatable bonds is 5. The van der Waals surface area contributed by atoms with Crippen LogP contribution < -0.4 is 4.90 Å². The maximum Gasteiger partial charge on any atom is 0.303 e. The van der Waals surface area contributed by atoms with E-state index in [1.807, 2.05) is 31.9 Å². The van der Waals surface area contributed by atoms with Crippen molar-refractivity contribution in [2.45, 2.75) is 26.7 Å². The predicted molar refractivity (Wildman–Crippen MR) is 68.6 cm³/mol. The van der Waals surface area contributed by atoms with Gasteiger partial charge < -0.3 is 10.0 Å². The molecule has 96 valence electrons. The van der Waals surface area contributed by atoms with E-state index in [-0.39, 0.29) is 6.42 Å². The quantitative estimate of drug-likeness (QED) is 0.859. The summed E-state index contributed by atoms with van der Waals surface area (Å²) in [6.45, 7) is 4.32. The van der Waals surface area contributed by atoms with Crippen LogP contribution in [0.2, 0.25) is 0 Å². The second-order valence-electron chi connectivity index (χ2n) is 4.31. The number of aromatic nitrogens is 1. The first kappa shape index (κ1) is 14.0. The lowest BCUT2D eigenvalue weighted by Gasteiger charge is -2.20. The molecule has 0 amide bonds. The van der Waals surface area contributed by atoms with E-state index in [2.05, 4.69) is 11.1 Å². The number of anilines is 1. The van der Waals surface area contributed by atoms with Crippen molar-refractivity contribution >= 4 is 11.8 Å². The second-order valence-corrected chi connectivity index (χ2v) is 4.31. The van der Waals surface area contributed by atoms with Crippen molar-refractivity contribution < 1.29 is 9.90 Å². The summed E-state index contributed by atoms with van der Waals surface area (Å²) in [5, 5.41) is 17.7. The van der Waals surface area contributed by atoms with E-state index in [1.54, 1.807) is 0 Å². The molecule has 1 aromatic heterocycles. The van der Waals surface area contributed by atoms with Crippen LogP contribution >= 0.6 is 0 Å².